The van der Waals surface area contributed by atoms with Crippen molar-refractivity contribution in [1.29, 1.82) is 0 Å². The summed E-state index contributed by atoms with van der Waals surface area (Å²) in [6.07, 6.45) is 0. The number of anilines is 1. The van der Waals surface area contributed by atoms with Gasteiger partial charge in [0.15, 0.2) is 5.13 Å². The van der Waals surface area contributed by atoms with E-state index in [1.807, 2.05) is 36.1 Å². The van der Waals surface area contributed by atoms with E-state index in [-0.39, 0.29) is 18.3 Å². The van der Waals surface area contributed by atoms with Gasteiger partial charge < -0.3 is 4.90 Å². The minimum Gasteiger partial charge on any atom is -0.302 e. The van der Waals surface area contributed by atoms with Crippen LogP contribution >= 0.6 is 23.7 Å². The van der Waals surface area contributed by atoms with Gasteiger partial charge in [-0.15, -0.1) is 12.4 Å². The van der Waals surface area contributed by atoms with Gasteiger partial charge in [-0.2, -0.15) is 0 Å². The Labute approximate surface area is 184 Å². The minimum atomic E-state index is 0. The molecule has 0 fully saturated rings. The third kappa shape index (κ3) is 5.35. The Morgan fingerprint density at radius 3 is 2.38 bits per heavy atom. The van der Waals surface area contributed by atoms with E-state index in [4.69, 9.17) is 4.98 Å². The second kappa shape index (κ2) is 10.2. The number of amides is 1. The van der Waals surface area contributed by atoms with E-state index < -0.39 is 0 Å². The number of rotatable bonds is 7. The molecule has 156 valence electrons. The largest absolute Gasteiger partial charge is 0.302 e. The van der Waals surface area contributed by atoms with E-state index in [2.05, 4.69) is 44.7 Å². The van der Waals surface area contributed by atoms with Crippen LogP contribution in [0.2, 0.25) is 0 Å². The molecule has 0 unspecified atom stereocenters. The van der Waals surface area contributed by atoms with Crippen molar-refractivity contribution >= 4 is 45.0 Å². The maximum atomic E-state index is 13.4. The number of fused-ring (bicyclic) bond motifs is 1. The van der Waals surface area contributed by atoms with Gasteiger partial charge in [-0.1, -0.05) is 48.9 Å². The third-order valence-corrected chi connectivity index (χ3v) is 6.31. The Morgan fingerprint density at radius 2 is 1.72 bits per heavy atom. The molecule has 0 aliphatic carbocycles. The normalized spacial score (nSPS) is 11.0. The van der Waals surface area contributed by atoms with Crippen molar-refractivity contribution in [2.75, 3.05) is 31.1 Å². The number of likely N-dealkylation sites (N-methyl/N-ethyl adjacent to an activating group) is 1. The molecule has 0 spiro atoms. The second-order valence-corrected chi connectivity index (χ2v) is 8.26. The quantitative estimate of drug-likeness (QED) is 0.486. The van der Waals surface area contributed by atoms with Gasteiger partial charge >= 0.3 is 0 Å². The van der Waals surface area contributed by atoms with Gasteiger partial charge in [0.2, 0.25) is 0 Å². The second-order valence-electron chi connectivity index (χ2n) is 7.28. The van der Waals surface area contributed by atoms with Crippen molar-refractivity contribution in [3.05, 3.63) is 58.7 Å². The number of carbonyl (C=O) groups excluding carboxylic acids is 1. The van der Waals surface area contributed by atoms with Crippen LogP contribution < -0.4 is 4.90 Å². The van der Waals surface area contributed by atoms with E-state index in [0.29, 0.717) is 12.1 Å². The highest BCUT2D eigenvalue weighted by Crippen LogP contribution is 2.32. The topological polar surface area (TPSA) is 36.4 Å². The number of thiazole rings is 1. The van der Waals surface area contributed by atoms with Gasteiger partial charge in [0.25, 0.3) is 5.91 Å². The summed E-state index contributed by atoms with van der Waals surface area (Å²) in [5.41, 5.74) is 5.19. The molecule has 0 saturated carbocycles. The number of halogens is 1. The number of hydrogen-bond acceptors (Lipinski definition) is 4. The van der Waals surface area contributed by atoms with Crippen LogP contribution in [0.3, 0.4) is 0 Å². The summed E-state index contributed by atoms with van der Waals surface area (Å²) in [4.78, 5) is 22.4. The van der Waals surface area contributed by atoms with E-state index in [9.17, 15) is 4.79 Å². The van der Waals surface area contributed by atoms with E-state index in [1.54, 1.807) is 11.3 Å². The van der Waals surface area contributed by atoms with Crippen LogP contribution in [0.5, 0.6) is 0 Å². The molecule has 0 aliphatic rings. The first kappa shape index (κ1) is 23.3. The number of hydrogen-bond donors (Lipinski definition) is 0. The molecule has 6 heteroatoms. The van der Waals surface area contributed by atoms with Crippen LogP contribution in [0.25, 0.3) is 10.2 Å². The number of benzene rings is 2. The summed E-state index contributed by atoms with van der Waals surface area (Å²) in [5, 5.41) is 0.780. The van der Waals surface area contributed by atoms with Gasteiger partial charge in [-0.05, 0) is 63.2 Å². The van der Waals surface area contributed by atoms with Crippen molar-refractivity contribution in [3.63, 3.8) is 0 Å². The van der Waals surface area contributed by atoms with E-state index in [0.717, 1.165) is 40.5 Å². The van der Waals surface area contributed by atoms with Gasteiger partial charge in [0.05, 0.1) is 10.2 Å². The third-order valence-electron chi connectivity index (χ3n) is 5.08. The van der Waals surface area contributed by atoms with Crippen molar-refractivity contribution in [1.82, 2.24) is 9.88 Å². The molecule has 0 atom stereocenters. The molecule has 3 aromatic rings. The van der Waals surface area contributed by atoms with Crippen LogP contribution in [0.15, 0.2) is 36.4 Å². The molecule has 0 N–H and O–H groups in total. The molecule has 29 heavy (non-hydrogen) atoms. The lowest BCUT2D eigenvalue weighted by molar-refractivity contribution is 0.0983. The summed E-state index contributed by atoms with van der Waals surface area (Å²) >= 11 is 1.61. The molecule has 0 saturated heterocycles. The van der Waals surface area contributed by atoms with E-state index >= 15 is 0 Å². The molecule has 1 amide bonds. The predicted octanol–water partition coefficient (Wildman–Crippen LogP) is 5.63. The van der Waals surface area contributed by atoms with E-state index in [1.165, 1.54) is 11.1 Å². The standard InChI is InChI=1S/C23H29N3OS.ClH/c1-6-25(7-2)11-12-26(22(27)19-10-8-9-16(3)14-19)23-24-20-15-17(4)13-18(5)21(20)28-23;/h8-10,13-15H,6-7,11-12H2,1-5H3;1H. The molecule has 0 bridgehead atoms. The van der Waals surface area contributed by atoms with Gasteiger partial charge in [0, 0.05) is 18.7 Å². The van der Waals surface area contributed by atoms with Crippen molar-refractivity contribution in [3.8, 4) is 0 Å². The maximum Gasteiger partial charge on any atom is 0.260 e. The maximum absolute atomic E-state index is 13.4. The summed E-state index contributed by atoms with van der Waals surface area (Å²) < 4.78 is 1.16. The van der Waals surface area contributed by atoms with Crippen molar-refractivity contribution in [2.45, 2.75) is 34.6 Å². The molecule has 1 heterocycles. The minimum absolute atomic E-state index is 0. The zero-order valence-corrected chi connectivity index (χ0v) is 19.5. The molecule has 2 aromatic carbocycles. The molecule has 0 radical (unpaired) electrons. The number of carbonyl (C=O) groups is 1. The summed E-state index contributed by atoms with van der Waals surface area (Å²) in [7, 11) is 0. The highest BCUT2D eigenvalue weighted by atomic mass is 35.5. The van der Waals surface area contributed by atoms with Crippen LogP contribution in [-0.2, 0) is 0 Å². The molecular weight excluding hydrogens is 402 g/mol. The zero-order chi connectivity index (χ0) is 20.3. The van der Waals surface area contributed by atoms with Gasteiger partial charge in [-0.25, -0.2) is 4.98 Å². The lowest BCUT2D eigenvalue weighted by Crippen LogP contribution is -2.38. The number of aryl methyl sites for hydroxylation is 3. The zero-order valence-electron chi connectivity index (χ0n) is 17.9. The first-order chi connectivity index (χ1) is 13.4. The summed E-state index contributed by atoms with van der Waals surface area (Å²) in [6.45, 7) is 13.9. The highest BCUT2D eigenvalue weighted by Gasteiger charge is 2.22. The lowest BCUT2D eigenvalue weighted by Gasteiger charge is -2.24. The van der Waals surface area contributed by atoms with Crippen molar-refractivity contribution in [2.24, 2.45) is 0 Å². The van der Waals surface area contributed by atoms with Crippen LogP contribution in [0, 0.1) is 20.8 Å². The average molecular weight is 432 g/mol. The Morgan fingerprint density at radius 1 is 1.00 bits per heavy atom. The van der Waals surface area contributed by atoms with Crippen LogP contribution in [0.4, 0.5) is 5.13 Å². The Kier molecular flexibility index (Phi) is 8.20. The Bertz CT molecular complexity index is 981. The lowest BCUT2D eigenvalue weighted by atomic mass is 10.1. The number of aromatic nitrogens is 1. The van der Waals surface area contributed by atoms with Crippen LogP contribution in [0.1, 0.15) is 40.9 Å². The average Bonchev–Trinajstić information content (AvgIpc) is 3.09. The fraction of sp³-hybridized carbons (Fsp3) is 0.391. The predicted molar refractivity (Wildman–Crippen MR) is 127 cm³/mol. The Hall–Kier alpha value is -1.95. The first-order valence-electron chi connectivity index (χ1n) is 9.91. The highest BCUT2D eigenvalue weighted by molar-refractivity contribution is 7.22. The Balaban J connectivity index is 0.00000300. The first-order valence-corrected chi connectivity index (χ1v) is 10.7. The fourth-order valence-electron chi connectivity index (χ4n) is 3.48. The molecule has 4 nitrogen and oxygen atoms in total. The fourth-order valence-corrected chi connectivity index (χ4v) is 4.52. The molecule has 3 rings (SSSR count). The molecule has 1 aromatic heterocycles. The SMILES string of the molecule is CCN(CC)CCN(C(=O)c1cccc(C)c1)c1nc2cc(C)cc(C)c2s1.Cl. The summed E-state index contributed by atoms with van der Waals surface area (Å²) in [5.74, 6) is 0.0179. The van der Waals surface area contributed by atoms with Crippen molar-refractivity contribution < 1.29 is 4.79 Å². The smallest absolute Gasteiger partial charge is 0.260 e. The molecular formula is C23H30ClN3OS. The van der Waals surface area contributed by atoms with Crippen LogP contribution in [-0.4, -0.2) is 42.0 Å². The van der Waals surface area contributed by atoms with Gasteiger partial charge in [-0.3, -0.25) is 9.69 Å². The molecule has 0 aliphatic heterocycles. The van der Waals surface area contributed by atoms with Gasteiger partial charge in [0.1, 0.15) is 0 Å². The summed E-state index contributed by atoms with van der Waals surface area (Å²) in [6, 6.07) is 12.1. The number of nitrogens with zero attached hydrogens (tertiary/aromatic N) is 3. The monoisotopic (exact) mass is 431 g/mol.